The minimum absolute atomic E-state index is 0.478. The van der Waals surface area contributed by atoms with E-state index in [1.165, 1.54) is 70.6 Å². The van der Waals surface area contributed by atoms with Gasteiger partial charge in [0.25, 0.3) is 0 Å². The second kappa shape index (κ2) is 6.93. The third-order valence-corrected chi connectivity index (χ3v) is 5.36. The maximum Gasteiger partial charge on any atom is 0.0628 e. The Morgan fingerprint density at radius 1 is 0.833 bits per heavy atom. The van der Waals surface area contributed by atoms with Crippen LogP contribution in [0.25, 0.3) is 0 Å². The first-order valence-corrected chi connectivity index (χ1v) is 8.32. The number of hydrogen-bond donors (Lipinski definition) is 0. The molecule has 0 amide bonds. The van der Waals surface area contributed by atoms with Crippen LogP contribution in [0.5, 0.6) is 0 Å². The first-order valence-electron chi connectivity index (χ1n) is 8.32. The molecule has 0 bridgehead atoms. The average molecular weight is 252 g/mol. The first kappa shape index (κ1) is 14.4. The van der Waals surface area contributed by atoms with Crippen LogP contribution in [0.2, 0.25) is 0 Å². The summed E-state index contributed by atoms with van der Waals surface area (Å²) >= 11 is 0. The zero-order valence-corrected chi connectivity index (χ0v) is 12.5. The van der Waals surface area contributed by atoms with E-state index in [0.29, 0.717) is 11.5 Å². The van der Waals surface area contributed by atoms with Crippen molar-refractivity contribution in [3.8, 4) is 0 Å². The van der Waals surface area contributed by atoms with Gasteiger partial charge < -0.3 is 4.74 Å². The third kappa shape index (κ3) is 3.98. The fourth-order valence-corrected chi connectivity index (χ4v) is 3.85. The van der Waals surface area contributed by atoms with E-state index < -0.39 is 0 Å². The Kier molecular flexibility index (Phi) is 5.54. The van der Waals surface area contributed by atoms with Crippen LogP contribution in [0, 0.1) is 11.3 Å². The summed E-state index contributed by atoms with van der Waals surface area (Å²) in [6, 6.07) is 0. The van der Waals surface area contributed by atoms with Crippen molar-refractivity contribution in [3.63, 3.8) is 0 Å². The van der Waals surface area contributed by atoms with Gasteiger partial charge in [0.05, 0.1) is 6.10 Å². The molecule has 2 rings (SSSR count). The van der Waals surface area contributed by atoms with Gasteiger partial charge in [-0.05, 0) is 37.0 Å². The molecule has 0 aromatic heterocycles. The highest BCUT2D eigenvalue weighted by Gasteiger charge is 2.36. The summed E-state index contributed by atoms with van der Waals surface area (Å²) in [6.07, 6.45) is 15.9. The van der Waals surface area contributed by atoms with Crippen molar-refractivity contribution < 1.29 is 4.74 Å². The monoisotopic (exact) mass is 252 g/mol. The van der Waals surface area contributed by atoms with Crippen LogP contribution in [0.4, 0.5) is 0 Å². The van der Waals surface area contributed by atoms with Gasteiger partial charge in [-0.2, -0.15) is 0 Å². The summed E-state index contributed by atoms with van der Waals surface area (Å²) in [7, 11) is 0. The van der Waals surface area contributed by atoms with Crippen LogP contribution in [-0.2, 0) is 4.74 Å². The van der Waals surface area contributed by atoms with Crippen LogP contribution in [0.1, 0.15) is 84.5 Å². The van der Waals surface area contributed by atoms with Crippen LogP contribution < -0.4 is 0 Å². The van der Waals surface area contributed by atoms with E-state index >= 15 is 0 Å². The smallest absolute Gasteiger partial charge is 0.0628 e. The maximum atomic E-state index is 6.12. The zero-order chi connectivity index (χ0) is 12.8. The number of rotatable bonds is 0. The van der Waals surface area contributed by atoms with Crippen LogP contribution in [0.3, 0.4) is 0 Å². The lowest BCUT2D eigenvalue weighted by atomic mass is 9.71. The van der Waals surface area contributed by atoms with E-state index in [0.717, 1.165) is 12.5 Å². The number of ether oxygens (including phenoxy) is 1. The molecule has 0 spiro atoms. The van der Waals surface area contributed by atoms with E-state index in [4.69, 9.17) is 4.74 Å². The SMILES string of the molecule is CC1CCCCCCCC2OCCCC2(C)CC1. The van der Waals surface area contributed by atoms with Crippen molar-refractivity contribution >= 4 is 0 Å². The first-order chi connectivity index (χ1) is 8.71. The lowest BCUT2D eigenvalue weighted by Gasteiger charge is -2.42. The topological polar surface area (TPSA) is 9.23 Å². The van der Waals surface area contributed by atoms with Gasteiger partial charge in [-0.15, -0.1) is 0 Å². The summed E-state index contributed by atoms with van der Waals surface area (Å²) in [4.78, 5) is 0. The maximum absolute atomic E-state index is 6.12. The van der Waals surface area contributed by atoms with E-state index in [2.05, 4.69) is 13.8 Å². The molecular formula is C17H32O. The van der Waals surface area contributed by atoms with Gasteiger partial charge in [0.2, 0.25) is 0 Å². The highest BCUT2D eigenvalue weighted by molar-refractivity contribution is 4.87. The minimum atomic E-state index is 0.478. The van der Waals surface area contributed by atoms with E-state index in [1.54, 1.807) is 0 Å². The Labute approximate surface area is 114 Å². The van der Waals surface area contributed by atoms with Gasteiger partial charge in [-0.25, -0.2) is 0 Å². The van der Waals surface area contributed by atoms with Crippen LogP contribution in [-0.4, -0.2) is 12.7 Å². The molecule has 2 fully saturated rings. The Hall–Kier alpha value is -0.0400. The Bertz CT molecular complexity index is 238. The molecule has 1 saturated heterocycles. The molecule has 0 aromatic rings. The van der Waals surface area contributed by atoms with Gasteiger partial charge in [0, 0.05) is 6.61 Å². The summed E-state index contributed by atoms with van der Waals surface area (Å²) in [6.45, 7) is 5.96. The lowest BCUT2D eigenvalue weighted by Crippen LogP contribution is -2.39. The van der Waals surface area contributed by atoms with Crippen molar-refractivity contribution in [1.82, 2.24) is 0 Å². The van der Waals surface area contributed by atoms with Crippen LogP contribution in [0.15, 0.2) is 0 Å². The van der Waals surface area contributed by atoms with Crippen LogP contribution >= 0.6 is 0 Å². The van der Waals surface area contributed by atoms with E-state index in [-0.39, 0.29) is 0 Å². The molecule has 0 aromatic carbocycles. The fraction of sp³-hybridized carbons (Fsp3) is 1.00. The zero-order valence-electron chi connectivity index (χ0n) is 12.5. The average Bonchev–Trinajstić information content (AvgIpc) is 2.36. The van der Waals surface area contributed by atoms with E-state index in [9.17, 15) is 0 Å². The molecule has 1 aliphatic heterocycles. The molecule has 1 aliphatic carbocycles. The molecule has 1 nitrogen and oxygen atoms in total. The normalized spacial score (nSPS) is 40.3. The van der Waals surface area contributed by atoms with Crippen molar-refractivity contribution in [3.05, 3.63) is 0 Å². The minimum Gasteiger partial charge on any atom is -0.378 e. The van der Waals surface area contributed by atoms with Crippen molar-refractivity contribution in [2.24, 2.45) is 11.3 Å². The van der Waals surface area contributed by atoms with Gasteiger partial charge in [0.1, 0.15) is 0 Å². The highest BCUT2D eigenvalue weighted by Crippen LogP contribution is 2.42. The van der Waals surface area contributed by atoms with Gasteiger partial charge in [0.15, 0.2) is 0 Å². The van der Waals surface area contributed by atoms with E-state index in [1.807, 2.05) is 0 Å². The molecular weight excluding hydrogens is 220 g/mol. The summed E-state index contributed by atoms with van der Waals surface area (Å²) in [5, 5.41) is 0. The Morgan fingerprint density at radius 3 is 2.39 bits per heavy atom. The number of fused-ring (bicyclic) bond motifs is 1. The predicted octanol–water partition coefficient (Wildman–Crippen LogP) is 5.33. The van der Waals surface area contributed by atoms with Crippen molar-refractivity contribution in [2.45, 2.75) is 90.6 Å². The molecule has 106 valence electrons. The summed E-state index contributed by atoms with van der Waals surface area (Å²) in [5.41, 5.74) is 0.478. The molecule has 0 N–H and O–H groups in total. The number of hydrogen-bond acceptors (Lipinski definition) is 1. The lowest BCUT2D eigenvalue weighted by molar-refractivity contribution is -0.0865. The summed E-state index contributed by atoms with van der Waals surface area (Å²) < 4.78 is 6.12. The highest BCUT2D eigenvalue weighted by atomic mass is 16.5. The quantitative estimate of drug-likeness (QED) is 0.566. The summed E-state index contributed by atoms with van der Waals surface area (Å²) in [5.74, 6) is 0.920. The second-order valence-electron chi connectivity index (χ2n) is 7.11. The predicted molar refractivity (Wildman–Crippen MR) is 77.8 cm³/mol. The fourth-order valence-electron chi connectivity index (χ4n) is 3.85. The molecule has 3 atom stereocenters. The molecule has 1 heteroatoms. The largest absolute Gasteiger partial charge is 0.378 e. The molecule has 2 aliphatic rings. The molecule has 0 radical (unpaired) electrons. The second-order valence-corrected chi connectivity index (χ2v) is 7.11. The standard InChI is InChI=1S/C17H32O/c1-15-9-6-4-3-5-7-10-16-17(2,13-11-15)12-8-14-18-16/h15-16H,3-14H2,1-2H3. The van der Waals surface area contributed by atoms with Crippen molar-refractivity contribution in [1.29, 1.82) is 0 Å². The van der Waals surface area contributed by atoms with Gasteiger partial charge in [-0.1, -0.05) is 58.8 Å². The Morgan fingerprint density at radius 2 is 1.56 bits per heavy atom. The Balaban J connectivity index is 1.95. The van der Waals surface area contributed by atoms with Gasteiger partial charge in [-0.3, -0.25) is 0 Å². The molecule has 1 heterocycles. The molecule has 1 saturated carbocycles. The third-order valence-electron chi connectivity index (χ3n) is 5.36. The van der Waals surface area contributed by atoms with Crippen molar-refractivity contribution in [2.75, 3.05) is 6.61 Å². The van der Waals surface area contributed by atoms with Gasteiger partial charge >= 0.3 is 0 Å². The molecule has 3 unspecified atom stereocenters. The molecule has 18 heavy (non-hydrogen) atoms.